The number of hydrogen-bond acceptors (Lipinski definition) is 5. The molecule has 0 aliphatic carbocycles. The number of thiazole rings is 1. The minimum Gasteiger partial charge on any atom is -0.483 e. The Morgan fingerprint density at radius 1 is 1.21 bits per heavy atom. The molecule has 0 unspecified atom stereocenters. The molecule has 1 fully saturated rings. The minimum atomic E-state index is -0.174. The third-order valence-electron chi connectivity index (χ3n) is 5.60. The van der Waals surface area contributed by atoms with Crippen LogP contribution in [0.5, 0.6) is 5.75 Å². The van der Waals surface area contributed by atoms with Crippen molar-refractivity contribution in [1.29, 1.82) is 0 Å². The molecule has 1 saturated heterocycles. The molecule has 1 N–H and O–H groups in total. The molecule has 0 radical (unpaired) electrons. The lowest BCUT2D eigenvalue weighted by Gasteiger charge is -2.29. The highest BCUT2D eigenvalue weighted by Gasteiger charge is 2.19. The molecule has 152 valence electrons. The lowest BCUT2D eigenvalue weighted by Crippen LogP contribution is -2.32. The van der Waals surface area contributed by atoms with Crippen LogP contribution in [0.4, 0.5) is 5.13 Å². The maximum absolute atomic E-state index is 12.4. The third kappa shape index (κ3) is 5.11. The molecule has 1 aliphatic heterocycles. The zero-order chi connectivity index (χ0) is 20.3. The number of rotatable bonds is 6. The van der Waals surface area contributed by atoms with E-state index in [1.54, 1.807) is 11.3 Å². The fourth-order valence-corrected chi connectivity index (χ4v) is 4.51. The van der Waals surface area contributed by atoms with Crippen LogP contribution < -0.4 is 10.1 Å². The van der Waals surface area contributed by atoms with Crippen molar-refractivity contribution in [2.24, 2.45) is 5.92 Å². The summed E-state index contributed by atoms with van der Waals surface area (Å²) < 4.78 is 5.81. The van der Waals surface area contributed by atoms with E-state index in [0.29, 0.717) is 5.13 Å². The van der Waals surface area contributed by atoms with Crippen molar-refractivity contribution in [3.8, 4) is 5.75 Å². The van der Waals surface area contributed by atoms with Crippen LogP contribution in [0.1, 0.15) is 47.0 Å². The van der Waals surface area contributed by atoms with Gasteiger partial charge in [-0.15, -0.1) is 11.3 Å². The highest BCUT2D eigenvalue weighted by atomic mass is 32.1. The maximum atomic E-state index is 12.4. The number of amides is 1. The summed E-state index contributed by atoms with van der Waals surface area (Å²) in [6, 6.07) is 4.09. The van der Waals surface area contributed by atoms with E-state index in [9.17, 15) is 4.79 Å². The molecular weight excluding hydrogens is 370 g/mol. The van der Waals surface area contributed by atoms with Gasteiger partial charge in [0.15, 0.2) is 11.7 Å². The molecule has 1 aromatic heterocycles. The van der Waals surface area contributed by atoms with E-state index in [1.165, 1.54) is 17.7 Å². The Bertz CT molecular complexity index is 839. The van der Waals surface area contributed by atoms with Crippen LogP contribution in [0.25, 0.3) is 0 Å². The van der Waals surface area contributed by atoms with Gasteiger partial charge in [0.1, 0.15) is 5.75 Å². The normalized spacial score (nSPS) is 15.6. The van der Waals surface area contributed by atoms with E-state index >= 15 is 0 Å². The zero-order valence-corrected chi connectivity index (χ0v) is 18.4. The van der Waals surface area contributed by atoms with Crippen LogP contribution in [0.15, 0.2) is 12.1 Å². The molecule has 28 heavy (non-hydrogen) atoms. The molecule has 0 spiro atoms. The molecule has 0 atom stereocenters. The Morgan fingerprint density at radius 2 is 1.89 bits per heavy atom. The topological polar surface area (TPSA) is 54.5 Å². The number of nitrogens with zero attached hydrogens (tertiary/aromatic N) is 2. The van der Waals surface area contributed by atoms with Crippen LogP contribution in [-0.2, 0) is 11.3 Å². The Labute approximate surface area is 172 Å². The van der Waals surface area contributed by atoms with E-state index in [1.807, 2.05) is 33.8 Å². The number of aryl methyl sites for hydroxylation is 3. The molecule has 2 heterocycles. The number of anilines is 1. The predicted molar refractivity (Wildman–Crippen MR) is 115 cm³/mol. The summed E-state index contributed by atoms with van der Waals surface area (Å²) in [6.07, 6.45) is 2.52. The van der Waals surface area contributed by atoms with Crippen molar-refractivity contribution in [3.63, 3.8) is 0 Å². The number of carbonyl (C=O) groups excluding carboxylic acids is 1. The summed E-state index contributed by atoms with van der Waals surface area (Å²) in [6.45, 7) is 13.6. The van der Waals surface area contributed by atoms with Gasteiger partial charge < -0.3 is 4.74 Å². The second-order valence-electron chi connectivity index (χ2n) is 7.98. The number of hydrogen-bond donors (Lipinski definition) is 1. The van der Waals surface area contributed by atoms with E-state index < -0.39 is 0 Å². The van der Waals surface area contributed by atoms with Crippen molar-refractivity contribution >= 4 is 22.4 Å². The highest BCUT2D eigenvalue weighted by Crippen LogP contribution is 2.27. The Morgan fingerprint density at radius 3 is 2.61 bits per heavy atom. The van der Waals surface area contributed by atoms with Crippen molar-refractivity contribution < 1.29 is 9.53 Å². The number of likely N-dealkylation sites (tertiary alicyclic amines) is 1. The van der Waals surface area contributed by atoms with Gasteiger partial charge in [-0.3, -0.25) is 15.0 Å². The first kappa shape index (κ1) is 20.8. The first-order chi connectivity index (χ1) is 13.3. The molecule has 0 bridgehead atoms. The average molecular weight is 402 g/mol. The molecule has 2 aromatic rings. The lowest BCUT2D eigenvalue weighted by molar-refractivity contribution is -0.118. The van der Waals surface area contributed by atoms with Crippen LogP contribution in [0.2, 0.25) is 0 Å². The summed E-state index contributed by atoms with van der Waals surface area (Å²) in [5.74, 6) is 1.45. The summed E-state index contributed by atoms with van der Waals surface area (Å²) in [5.41, 5.74) is 4.29. The number of aromatic nitrogens is 1. The monoisotopic (exact) mass is 401 g/mol. The van der Waals surface area contributed by atoms with E-state index in [4.69, 9.17) is 4.74 Å². The zero-order valence-electron chi connectivity index (χ0n) is 17.6. The number of ether oxygens (including phenoxy) is 1. The third-order valence-corrected chi connectivity index (χ3v) is 6.66. The number of nitrogens with one attached hydrogen (secondary N) is 1. The van der Waals surface area contributed by atoms with Crippen LogP contribution in [0.3, 0.4) is 0 Å². The fourth-order valence-electron chi connectivity index (χ4n) is 3.49. The smallest absolute Gasteiger partial charge is 0.264 e. The van der Waals surface area contributed by atoms with E-state index in [-0.39, 0.29) is 12.5 Å². The van der Waals surface area contributed by atoms with Crippen LogP contribution in [-0.4, -0.2) is 35.5 Å². The standard InChI is InChI=1S/C22H31N3O2S/c1-14-8-10-25(11-9-14)12-19-18(5)23-22(28-19)24-20(26)13-27-21-16(3)7-6-15(2)17(21)4/h6-7,14H,8-13H2,1-5H3,(H,23,24,26). The predicted octanol–water partition coefficient (Wildman–Crippen LogP) is 4.63. The minimum absolute atomic E-state index is 0.0108. The second-order valence-corrected chi connectivity index (χ2v) is 9.06. The van der Waals surface area contributed by atoms with Crippen molar-refractivity contribution in [1.82, 2.24) is 9.88 Å². The van der Waals surface area contributed by atoms with Crippen molar-refractivity contribution in [2.45, 2.75) is 54.0 Å². The van der Waals surface area contributed by atoms with Gasteiger partial charge in [-0.05, 0) is 76.2 Å². The molecule has 1 aromatic carbocycles. The van der Waals surface area contributed by atoms with Gasteiger partial charge >= 0.3 is 0 Å². The molecule has 6 heteroatoms. The van der Waals surface area contributed by atoms with Crippen molar-refractivity contribution in [2.75, 3.05) is 25.0 Å². The Balaban J connectivity index is 1.55. The average Bonchev–Trinajstić information content (AvgIpc) is 2.99. The molecule has 0 saturated carbocycles. The van der Waals surface area contributed by atoms with Gasteiger partial charge in [0, 0.05) is 11.4 Å². The van der Waals surface area contributed by atoms with Gasteiger partial charge in [-0.1, -0.05) is 19.1 Å². The maximum Gasteiger partial charge on any atom is 0.264 e. The first-order valence-corrected chi connectivity index (χ1v) is 10.8. The van der Waals surface area contributed by atoms with Crippen LogP contribution >= 0.6 is 11.3 Å². The fraction of sp³-hybridized carbons (Fsp3) is 0.545. The lowest BCUT2D eigenvalue weighted by atomic mass is 9.99. The highest BCUT2D eigenvalue weighted by molar-refractivity contribution is 7.15. The summed E-state index contributed by atoms with van der Waals surface area (Å²) in [5, 5.41) is 3.55. The Hall–Kier alpha value is -1.92. The Kier molecular flexibility index (Phi) is 6.73. The summed E-state index contributed by atoms with van der Waals surface area (Å²) in [4.78, 5) is 20.6. The van der Waals surface area contributed by atoms with Gasteiger partial charge in [-0.2, -0.15) is 0 Å². The molecular formula is C22H31N3O2S. The van der Waals surface area contributed by atoms with E-state index in [2.05, 4.69) is 28.2 Å². The SMILES string of the molecule is Cc1ccc(C)c(OCC(=O)Nc2nc(C)c(CN3CCC(C)CC3)s2)c1C. The summed E-state index contributed by atoms with van der Waals surface area (Å²) >= 11 is 1.57. The molecule has 1 amide bonds. The second kappa shape index (κ2) is 9.05. The van der Waals surface area contributed by atoms with Crippen molar-refractivity contribution in [3.05, 3.63) is 39.4 Å². The number of benzene rings is 1. The largest absolute Gasteiger partial charge is 0.483 e. The van der Waals surface area contributed by atoms with Gasteiger partial charge in [0.05, 0.1) is 5.69 Å². The molecule has 5 nitrogen and oxygen atoms in total. The van der Waals surface area contributed by atoms with Gasteiger partial charge in [-0.25, -0.2) is 4.98 Å². The van der Waals surface area contributed by atoms with Gasteiger partial charge in [0.25, 0.3) is 5.91 Å². The number of carbonyl (C=O) groups is 1. The first-order valence-electron chi connectivity index (χ1n) is 10.0. The van der Waals surface area contributed by atoms with Crippen LogP contribution in [0, 0.1) is 33.6 Å². The van der Waals surface area contributed by atoms with E-state index in [0.717, 1.165) is 53.7 Å². The number of piperidine rings is 1. The quantitative estimate of drug-likeness (QED) is 0.767. The molecule has 1 aliphatic rings. The molecule has 3 rings (SSSR count). The van der Waals surface area contributed by atoms with Gasteiger partial charge in [0.2, 0.25) is 0 Å². The summed E-state index contributed by atoms with van der Waals surface area (Å²) in [7, 11) is 0.